The van der Waals surface area contributed by atoms with Gasteiger partial charge in [0.1, 0.15) is 0 Å². The molecule has 0 aromatic heterocycles. The van der Waals surface area contributed by atoms with E-state index < -0.39 is 0 Å². The summed E-state index contributed by atoms with van der Waals surface area (Å²) in [6.07, 6.45) is 3.30. The fourth-order valence-electron chi connectivity index (χ4n) is 2.37. The van der Waals surface area contributed by atoms with Gasteiger partial charge in [-0.1, -0.05) is 91.0 Å². The molecular weight excluding hydrogens is 296 g/mol. The molecule has 0 atom stereocenters. The molecule has 3 aromatic carbocycles. The summed E-state index contributed by atoms with van der Waals surface area (Å²) in [7, 11) is 0. The molecule has 3 aromatic rings. The first kappa shape index (κ1) is 15.6. The standard InChI is InChI=1S/C22H16O2/c23-21(18-7-3-1-4-8-18)16-13-17-11-14-20(15-12-17)22(24)19-9-5-2-6-10-19/h1-16H/b16-13+. The summed E-state index contributed by atoms with van der Waals surface area (Å²) in [5.74, 6) is -0.0495. The van der Waals surface area contributed by atoms with Crippen molar-refractivity contribution in [1.29, 1.82) is 0 Å². The molecule has 0 bridgehead atoms. The minimum atomic E-state index is -0.0416. The van der Waals surface area contributed by atoms with Crippen molar-refractivity contribution >= 4 is 17.6 Å². The van der Waals surface area contributed by atoms with Crippen LogP contribution in [0.5, 0.6) is 0 Å². The van der Waals surface area contributed by atoms with Crippen LogP contribution in [-0.4, -0.2) is 11.6 Å². The van der Waals surface area contributed by atoms with Crippen LogP contribution in [0.1, 0.15) is 31.8 Å². The van der Waals surface area contributed by atoms with Crippen LogP contribution in [0.15, 0.2) is 91.0 Å². The second-order valence-electron chi connectivity index (χ2n) is 5.38. The van der Waals surface area contributed by atoms with Crippen molar-refractivity contribution in [3.63, 3.8) is 0 Å². The SMILES string of the molecule is O=C(/C=C/c1ccc(C(=O)c2ccccc2)cc1)c1ccccc1. The monoisotopic (exact) mass is 312 g/mol. The summed E-state index contributed by atoms with van der Waals surface area (Å²) in [4.78, 5) is 24.4. The lowest BCUT2D eigenvalue weighted by Gasteiger charge is -2.01. The predicted molar refractivity (Wildman–Crippen MR) is 96.1 cm³/mol. The smallest absolute Gasteiger partial charge is 0.193 e. The van der Waals surface area contributed by atoms with Crippen LogP contribution in [0.25, 0.3) is 6.08 Å². The van der Waals surface area contributed by atoms with Crippen LogP contribution in [0, 0.1) is 0 Å². The molecule has 0 unspecified atom stereocenters. The van der Waals surface area contributed by atoms with Crippen LogP contribution in [0.3, 0.4) is 0 Å². The first-order valence-corrected chi connectivity index (χ1v) is 7.71. The Labute approximate surface area is 141 Å². The number of rotatable bonds is 5. The van der Waals surface area contributed by atoms with Gasteiger partial charge in [-0.15, -0.1) is 0 Å². The van der Waals surface area contributed by atoms with E-state index in [0.29, 0.717) is 16.7 Å². The summed E-state index contributed by atoms with van der Waals surface area (Å²) < 4.78 is 0. The highest BCUT2D eigenvalue weighted by molar-refractivity contribution is 6.09. The molecule has 0 aliphatic rings. The molecule has 0 fully saturated rings. The minimum absolute atomic E-state index is 0.00788. The number of benzene rings is 3. The summed E-state index contributed by atoms with van der Waals surface area (Å²) in [5, 5.41) is 0. The zero-order valence-electron chi connectivity index (χ0n) is 13.1. The highest BCUT2D eigenvalue weighted by atomic mass is 16.1. The zero-order valence-corrected chi connectivity index (χ0v) is 13.1. The normalized spacial score (nSPS) is 10.7. The Kier molecular flexibility index (Phi) is 4.78. The van der Waals surface area contributed by atoms with Gasteiger partial charge in [-0.2, -0.15) is 0 Å². The van der Waals surface area contributed by atoms with Gasteiger partial charge in [0.05, 0.1) is 0 Å². The van der Waals surface area contributed by atoms with Crippen LogP contribution in [0.2, 0.25) is 0 Å². The molecule has 2 heteroatoms. The van der Waals surface area contributed by atoms with E-state index in [1.165, 1.54) is 0 Å². The van der Waals surface area contributed by atoms with Crippen molar-refractivity contribution in [3.05, 3.63) is 113 Å². The number of hydrogen-bond donors (Lipinski definition) is 0. The molecule has 24 heavy (non-hydrogen) atoms. The molecule has 0 aliphatic carbocycles. The first-order valence-electron chi connectivity index (χ1n) is 7.71. The third-order valence-corrected chi connectivity index (χ3v) is 3.69. The summed E-state index contributed by atoms with van der Waals surface area (Å²) >= 11 is 0. The molecule has 0 aliphatic heterocycles. The summed E-state index contributed by atoms with van der Waals surface area (Å²) in [6.45, 7) is 0. The second kappa shape index (κ2) is 7.34. The van der Waals surface area contributed by atoms with Crippen LogP contribution < -0.4 is 0 Å². The average Bonchev–Trinajstić information content (AvgIpc) is 2.67. The van der Waals surface area contributed by atoms with E-state index >= 15 is 0 Å². The van der Waals surface area contributed by atoms with Gasteiger partial charge >= 0.3 is 0 Å². The summed E-state index contributed by atoms with van der Waals surface area (Å²) in [6, 6.07) is 25.5. The molecule has 0 heterocycles. The Bertz CT molecular complexity index is 861. The van der Waals surface area contributed by atoms with E-state index in [2.05, 4.69) is 0 Å². The number of allylic oxidation sites excluding steroid dienone is 1. The van der Waals surface area contributed by atoms with Gasteiger partial charge in [-0.25, -0.2) is 0 Å². The molecule has 0 amide bonds. The molecule has 0 N–H and O–H groups in total. The van der Waals surface area contributed by atoms with Crippen molar-refractivity contribution in [2.45, 2.75) is 0 Å². The third kappa shape index (κ3) is 3.73. The van der Waals surface area contributed by atoms with Crippen molar-refractivity contribution in [1.82, 2.24) is 0 Å². The topological polar surface area (TPSA) is 34.1 Å². The fraction of sp³-hybridized carbons (Fsp3) is 0. The van der Waals surface area contributed by atoms with Crippen LogP contribution in [0.4, 0.5) is 0 Å². The van der Waals surface area contributed by atoms with Gasteiger partial charge in [0.25, 0.3) is 0 Å². The number of carbonyl (C=O) groups excluding carboxylic acids is 2. The van der Waals surface area contributed by atoms with Gasteiger partial charge < -0.3 is 0 Å². The molecule has 0 spiro atoms. The average molecular weight is 312 g/mol. The molecular formula is C22H16O2. The van der Waals surface area contributed by atoms with Gasteiger partial charge in [-0.05, 0) is 11.6 Å². The highest BCUT2D eigenvalue weighted by Gasteiger charge is 2.07. The van der Waals surface area contributed by atoms with Crippen LogP contribution >= 0.6 is 0 Å². The lowest BCUT2D eigenvalue weighted by Crippen LogP contribution is -2.00. The van der Waals surface area contributed by atoms with E-state index in [-0.39, 0.29) is 11.6 Å². The Morgan fingerprint density at radius 2 is 1.08 bits per heavy atom. The number of hydrogen-bond acceptors (Lipinski definition) is 2. The molecule has 2 nitrogen and oxygen atoms in total. The van der Waals surface area contributed by atoms with E-state index in [4.69, 9.17) is 0 Å². The number of carbonyl (C=O) groups is 2. The Hall–Kier alpha value is -3.26. The Morgan fingerprint density at radius 1 is 0.583 bits per heavy atom. The molecule has 0 saturated heterocycles. The van der Waals surface area contributed by atoms with E-state index in [1.807, 2.05) is 48.5 Å². The van der Waals surface area contributed by atoms with E-state index in [9.17, 15) is 9.59 Å². The lowest BCUT2D eigenvalue weighted by molar-refractivity contribution is 0.103. The lowest BCUT2D eigenvalue weighted by atomic mass is 10.0. The fourth-order valence-corrected chi connectivity index (χ4v) is 2.37. The number of ketones is 2. The molecule has 0 saturated carbocycles. The van der Waals surface area contributed by atoms with Gasteiger partial charge in [0.15, 0.2) is 11.6 Å². The minimum Gasteiger partial charge on any atom is -0.289 e. The third-order valence-electron chi connectivity index (χ3n) is 3.69. The maximum absolute atomic E-state index is 12.3. The highest BCUT2D eigenvalue weighted by Crippen LogP contribution is 2.12. The molecule has 0 radical (unpaired) electrons. The largest absolute Gasteiger partial charge is 0.289 e. The van der Waals surface area contributed by atoms with E-state index in [1.54, 1.807) is 48.6 Å². The predicted octanol–water partition coefficient (Wildman–Crippen LogP) is 4.81. The van der Waals surface area contributed by atoms with Gasteiger partial charge in [0.2, 0.25) is 0 Å². The van der Waals surface area contributed by atoms with Gasteiger partial charge in [0, 0.05) is 16.7 Å². The maximum Gasteiger partial charge on any atom is 0.193 e. The van der Waals surface area contributed by atoms with Crippen LogP contribution in [-0.2, 0) is 0 Å². The second-order valence-corrected chi connectivity index (χ2v) is 5.38. The van der Waals surface area contributed by atoms with Crippen molar-refractivity contribution in [3.8, 4) is 0 Å². The Balaban J connectivity index is 1.72. The van der Waals surface area contributed by atoms with Crippen molar-refractivity contribution < 1.29 is 9.59 Å². The maximum atomic E-state index is 12.3. The van der Waals surface area contributed by atoms with Crippen molar-refractivity contribution in [2.75, 3.05) is 0 Å². The first-order chi connectivity index (χ1) is 11.7. The van der Waals surface area contributed by atoms with Crippen molar-refractivity contribution in [2.24, 2.45) is 0 Å². The Morgan fingerprint density at radius 3 is 1.67 bits per heavy atom. The summed E-state index contributed by atoms with van der Waals surface area (Å²) in [5.41, 5.74) is 2.83. The van der Waals surface area contributed by atoms with E-state index in [0.717, 1.165) is 5.56 Å². The molecule has 3 rings (SSSR count). The zero-order chi connectivity index (χ0) is 16.8. The molecule has 116 valence electrons. The quantitative estimate of drug-likeness (QED) is 0.500. The van der Waals surface area contributed by atoms with Gasteiger partial charge in [-0.3, -0.25) is 9.59 Å².